The minimum atomic E-state index is -3.66. The van der Waals surface area contributed by atoms with Gasteiger partial charge in [0.1, 0.15) is 0 Å². The molecule has 1 heterocycles. The van der Waals surface area contributed by atoms with Gasteiger partial charge in [0.2, 0.25) is 10.0 Å². The number of halogens is 1. The molecule has 0 spiro atoms. The summed E-state index contributed by atoms with van der Waals surface area (Å²) in [6.45, 7) is 2.18. The van der Waals surface area contributed by atoms with Crippen LogP contribution in [0, 0.1) is 0 Å². The van der Waals surface area contributed by atoms with Crippen LogP contribution >= 0.6 is 22.9 Å². The normalized spacial score (nSPS) is 12.9. The number of sulfonamides is 1. The van der Waals surface area contributed by atoms with Gasteiger partial charge in [-0.05, 0) is 41.3 Å². The lowest BCUT2D eigenvalue weighted by atomic mass is 10.1. The Labute approximate surface area is 187 Å². The van der Waals surface area contributed by atoms with E-state index in [2.05, 4.69) is 15.7 Å². The molecule has 1 unspecified atom stereocenters. The summed E-state index contributed by atoms with van der Waals surface area (Å²) in [6, 6.07) is 20.1. The van der Waals surface area contributed by atoms with Gasteiger partial charge in [0.15, 0.2) is 0 Å². The number of thiophene rings is 1. The van der Waals surface area contributed by atoms with Crippen molar-refractivity contribution in [3.8, 4) is 0 Å². The van der Waals surface area contributed by atoms with E-state index in [-0.39, 0.29) is 17.5 Å². The van der Waals surface area contributed by atoms with Crippen LogP contribution in [0.3, 0.4) is 0 Å². The molecule has 0 aliphatic carbocycles. The molecule has 1 N–H and O–H groups in total. The smallest absolute Gasteiger partial charge is 0.240 e. The van der Waals surface area contributed by atoms with Crippen molar-refractivity contribution in [3.63, 3.8) is 0 Å². The molecule has 0 bridgehead atoms. The molecule has 0 saturated heterocycles. The molecule has 2 aromatic carbocycles. The van der Waals surface area contributed by atoms with Gasteiger partial charge in [0.05, 0.1) is 11.5 Å². The first-order chi connectivity index (χ1) is 14.5. The highest BCUT2D eigenvalue weighted by atomic mass is 35.5. The quantitative estimate of drug-likeness (QED) is 0.451. The van der Waals surface area contributed by atoms with Crippen molar-refractivity contribution in [1.29, 1.82) is 0 Å². The van der Waals surface area contributed by atoms with Crippen LogP contribution in [0.15, 0.2) is 77.0 Å². The molecule has 0 saturated carbocycles. The number of rotatable bonds is 11. The second-order valence-corrected chi connectivity index (χ2v) is 10.0. The van der Waals surface area contributed by atoms with Crippen LogP contribution in [-0.4, -0.2) is 40.1 Å². The van der Waals surface area contributed by atoms with Crippen LogP contribution in [0.4, 0.5) is 0 Å². The van der Waals surface area contributed by atoms with Crippen LogP contribution < -0.4 is 4.72 Å². The SMILES string of the molecule is COCCN(Cc1cccs1)C(CNS(=O)(=O)c1ccc(Cl)cc1)c1ccccc1. The summed E-state index contributed by atoms with van der Waals surface area (Å²) >= 11 is 7.58. The van der Waals surface area contributed by atoms with Crippen molar-refractivity contribution >= 4 is 33.0 Å². The van der Waals surface area contributed by atoms with Crippen molar-refractivity contribution in [2.24, 2.45) is 0 Å². The minimum absolute atomic E-state index is 0.148. The minimum Gasteiger partial charge on any atom is -0.383 e. The van der Waals surface area contributed by atoms with E-state index in [0.29, 0.717) is 24.7 Å². The highest BCUT2D eigenvalue weighted by Crippen LogP contribution is 2.25. The van der Waals surface area contributed by atoms with Crippen LogP contribution in [0.2, 0.25) is 5.02 Å². The van der Waals surface area contributed by atoms with Crippen molar-refractivity contribution in [2.75, 3.05) is 26.8 Å². The van der Waals surface area contributed by atoms with Gasteiger partial charge in [0, 0.05) is 42.7 Å². The number of nitrogens with one attached hydrogen (secondary N) is 1. The summed E-state index contributed by atoms with van der Waals surface area (Å²) < 4.78 is 33.8. The van der Waals surface area contributed by atoms with Crippen molar-refractivity contribution in [3.05, 3.63) is 87.6 Å². The number of benzene rings is 2. The number of ether oxygens (including phenoxy) is 1. The van der Waals surface area contributed by atoms with E-state index in [1.54, 1.807) is 30.6 Å². The molecule has 5 nitrogen and oxygen atoms in total. The van der Waals surface area contributed by atoms with Gasteiger partial charge in [-0.15, -0.1) is 11.3 Å². The maximum absolute atomic E-state index is 12.8. The van der Waals surface area contributed by atoms with Gasteiger partial charge >= 0.3 is 0 Å². The lowest BCUT2D eigenvalue weighted by Gasteiger charge is -2.32. The molecule has 3 rings (SSSR count). The fourth-order valence-corrected chi connectivity index (χ4v) is 5.07. The zero-order chi connectivity index (χ0) is 21.4. The maximum atomic E-state index is 12.8. The predicted octanol–water partition coefficient (Wildman–Crippen LogP) is 4.57. The second-order valence-electron chi connectivity index (χ2n) is 6.77. The topological polar surface area (TPSA) is 58.6 Å². The Morgan fingerprint density at radius 2 is 1.80 bits per heavy atom. The third-order valence-corrected chi connectivity index (χ3v) is 7.29. The van der Waals surface area contributed by atoms with Crippen molar-refractivity contribution < 1.29 is 13.2 Å². The first-order valence-electron chi connectivity index (χ1n) is 9.55. The fourth-order valence-electron chi connectivity index (χ4n) is 3.18. The fraction of sp³-hybridized carbons (Fsp3) is 0.273. The zero-order valence-electron chi connectivity index (χ0n) is 16.7. The van der Waals surface area contributed by atoms with Crippen molar-refractivity contribution in [1.82, 2.24) is 9.62 Å². The Morgan fingerprint density at radius 3 is 2.43 bits per heavy atom. The monoisotopic (exact) mass is 464 g/mol. The summed E-state index contributed by atoms with van der Waals surface area (Å²) in [4.78, 5) is 3.66. The highest BCUT2D eigenvalue weighted by Gasteiger charge is 2.24. The highest BCUT2D eigenvalue weighted by molar-refractivity contribution is 7.89. The van der Waals surface area contributed by atoms with Crippen LogP contribution in [0.5, 0.6) is 0 Å². The molecule has 0 fully saturated rings. The van der Waals surface area contributed by atoms with Gasteiger partial charge in [-0.25, -0.2) is 13.1 Å². The summed E-state index contributed by atoms with van der Waals surface area (Å²) in [7, 11) is -1.99. The summed E-state index contributed by atoms with van der Waals surface area (Å²) in [6.07, 6.45) is 0. The summed E-state index contributed by atoms with van der Waals surface area (Å²) in [5.41, 5.74) is 1.05. The van der Waals surface area contributed by atoms with Crippen molar-refractivity contribution in [2.45, 2.75) is 17.5 Å². The lowest BCUT2D eigenvalue weighted by molar-refractivity contribution is 0.115. The Bertz CT molecular complexity index is 995. The van der Waals surface area contributed by atoms with E-state index in [0.717, 1.165) is 5.56 Å². The molecule has 0 amide bonds. The van der Waals surface area contributed by atoms with E-state index in [1.807, 2.05) is 41.8 Å². The van der Waals surface area contributed by atoms with E-state index in [9.17, 15) is 8.42 Å². The first-order valence-corrected chi connectivity index (χ1v) is 12.3. The molecular formula is C22H25ClN2O3S2. The van der Waals surface area contributed by atoms with E-state index >= 15 is 0 Å². The zero-order valence-corrected chi connectivity index (χ0v) is 19.1. The first kappa shape index (κ1) is 22.9. The predicted molar refractivity (Wildman–Crippen MR) is 122 cm³/mol. The van der Waals surface area contributed by atoms with E-state index in [4.69, 9.17) is 16.3 Å². The van der Waals surface area contributed by atoms with Gasteiger partial charge in [0.25, 0.3) is 0 Å². The van der Waals surface area contributed by atoms with Crippen LogP contribution in [0.25, 0.3) is 0 Å². The van der Waals surface area contributed by atoms with Crippen LogP contribution in [-0.2, 0) is 21.3 Å². The second kappa shape index (κ2) is 11.0. The Balaban J connectivity index is 1.84. The molecule has 0 aliphatic rings. The van der Waals surface area contributed by atoms with Crippen LogP contribution in [0.1, 0.15) is 16.5 Å². The Kier molecular flexibility index (Phi) is 8.44. The van der Waals surface area contributed by atoms with E-state index in [1.165, 1.54) is 17.0 Å². The molecule has 0 aliphatic heterocycles. The van der Waals surface area contributed by atoms with Gasteiger partial charge in [-0.1, -0.05) is 48.0 Å². The summed E-state index contributed by atoms with van der Waals surface area (Å²) in [5.74, 6) is 0. The number of hydrogen-bond acceptors (Lipinski definition) is 5. The lowest BCUT2D eigenvalue weighted by Crippen LogP contribution is -2.39. The molecule has 160 valence electrons. The molecular weight excluding hydrogens is 440 g/mol. The molecule has 3 aromatic rings. The summed E-state index contributed by atoms with van der Waals surface area (Å²) in [5, 5.41) is 2.54. The standard InChI is InChI=1S/C22H25ClN2O3S2/c1-28-14-13-25(17-20-8-5-15-29-20)22(18-6-3-2-4-7-18)16-24-30(26,27)21-11-9-19(23)10-12-21/h2-12,15,22,24H,13-14,16-17H2,1H3. The Morgan fingerprint density at radius 1 is 1.07 bits per heavy atom. The third-order valence-electron chi connectivity index (χ3n) is 4.74. The Hall–Kier alpha value is -1.74. The largest absolute Gasteiger partial charge is 0.383 e. The molecule has 1 aromatic heterocycles. The molecule has 1 atom stereocenters. The van der Waals surface area contributed by atoms with Gasteiger partial charge < -0.3 is 4.74 Å². The average Bonchev–Trinajstić information content (AvgIpc) is 3.26. The maximum Gasteiger partial charge on any atom is 0.240 e. The van der Waals surface area contributed by atoms with Gasteiger partial charge in [-0.2, -0.15) is 0 Å². The molecule has 30 heavy (non-hydrogen) atoms. The molecule has 8 heteroatoms. The number of methoxy groups -OCH3 is 1. The average molecular weight is 465 g/mol. The number of hydrogen-bond donors (Lipinski definition) is 1. The number of nitrogens with zero attached hydrogens (tertiary/aromatic N) is 1. The van der Waals surface area contributed by atoms with Gasteiger partial charge in [-0.3, -0.25) is 4.90 Å². The van der Waals surface area contributed by atoms with E-state index < -0.39 is 10.0 Å². The third kappa shape index (κ3) is 6.38. The molecule has 0 radical (unpaired) electrons.